The monoisotopic (exact) mass is 502 g/mol. The molecule has 0 saturated heterocycles. The molecule has 0 aliphatic heterocycles. The second-order valence-electron chi connectivity index (χ2n) is 10.8. The van der Waals surface area contributed by atoms with Crippen molar-refractivity contribution in [1.82, 2.24) is 0 Å². The van der Waals surface area contributed by atoms with E-state index in [2.05, 4.69) is 20.8 Å². The van der Waals surface area contributed by atoms with Crippen molar-refractivity contribution >= 4 is 11.9 Å². The molecule has 1 aromatic carbocycles. The Morgan fingerprint density at radius 1 is 0.750 bits per heavy atom. The number of methoxy groups -OCH3 is 1. The van der Waals surface area contributed by atoms with Crippen molar-refractivity contribution in [3.63, 3.8) is 0 Å². The fourth-order valence-corrected chi connectivity index (χ4v) is 5.20. The van der Waals surface area contributed by atoms with Gasteiger partial charge >= 0.3 is 11.9 Å². The van der Waals surface area contributed by atoms with E-state index in [4.69, 9.17) is 9.47 Å². The Hall–Kier alpha value is -1.84. The van der Waals surface area contributed by atoms with Gasteiger partial charge in [0.15, 0.2) is 0 Å². The quantitative estimate of drug-likeness (QED) is 0.124. The van der Waals surface area contributed by atoms with E-state index in [1.54, 1.807) is 0 Å². The van der Waals surface area contributed by atoms with Crippen LogP contribution in [-0.2, 0) is 25.7 Å². The summed E-state index contributed by atoms with van der Waals surface area (Å²) in [7, 11) is 1.44. The van der Waals surface area contributed by atoms with E-state index in [1.807, 2.05) is 37.3 Å². The third kappa shape index (κ3) is 14.0. The molecule has 0 aromatic heterocycles. The van der Waals surface area contributed by atoms with Gasteiger partial charge in [-0.1, -0.05) is 122 Å². The zero-order valence-electron chi connectivity index (χ0n) is 23.9. The Labute approximate surface area is 221 Å². The maximum atomic E-state index is 12.7. The predicted molar refractivity (Wildman–Crippen MR) is 150 cm³/mol. The SMILES string of the molecule is CCCCC(CC)CC(C)CCCCCCCC(CC(CC)C(=O)OCc1ccccc1)C(=O)OC. The highest BCUT2D eigenvalue weighted by Gasteiger charge is 2.27. The fraction of sp³-hybridized carbons (Fsp3) is 0.750. The normalized spacial score (nSPS) is 14.6. The third-order valence-electron chi connectivity index (χ3n) is 7.68. The summed E-state index contributed by atoms with van der Waals surface area (Å²) < 4.78 is 10.6. The number of carbonyl (C=O) groups is 2. The van der Waals surface area contributed by atoms with E-state index in [9.17, 15) is 9.59 Å². The minimum absolute atomic E-state index is 0.202. The molecular weight excluding hydrogens is 448 g/mol. The van der Waals surface area contributed by atoms with Crippen LogP contribution in [0.4, 0.5) is 0 Å². The highest BCUT2D eigenvalue weighted by molar-refractivity contribution is 5.76. The molecule has 206 valence electrons. The summed E-state index contributed by atoms with van der Waals surface area (Å²) in [6.45, 7) is 9.30. The Morgan fingerprint density at radius 3 is 2.03 bits per heavy atom. The van der Waals surface area contributed by atoms with Crippen LogP contribution in [0, 0.1) is 23.7 Å². The zero-order valence-corrected chi connectivity index (χ0v) is 23.9. The first-order chi connectivity index (χ1) is 17.4. The van der Waals surface area contributed by atoms with Gasteiger partial charge in [0.1, 0.15) is 6.61 Å². The van der Waals surface area contributed by atoms with Gasteiger partial charge < -0.3 is 9.47 Å². The van der Waals surface area contributed by atoms with Crippen LogP contribution in [0.2, 0.25) is 0 Å². The Balaban J connectivity index is 2.32. The van der Waals surface area contributed by atoms with Crippen LogP contribution in [0.3, 0.4) is 0 Å². The van der Waals surface area contributed by atoms with Crippen LogP contribution in [0.5, 0.6) is 0 Å². The smallest absolute Gasteiger partial charge is 0.309 e. The minimum atomic E-state index is -0.274. The number of ether oxygens (including phenoxy) is 2. The van der Waals surface area contributed by atoms with Crippen LogP contribution in [-0.4, -0.2) is 19.0 Å². The van der Waals surface area contributed by atoms with Crippen molar-refractivity contribution in [2.75, 3.05) is 7.11 Å². The van der Waals surface area contributed by atoms with Gasteiger partial charge in [-0.2, -0.15) is 0 Å². The number of hydrogen-bond acceptors (Lipinski definition) is 4. The molecule has 1 aromatic rings. The second-order valence-corrected chi connectivity index (χ2v) is 10.8. The molecule has 0 aliphatic carbocycles. The minimum Gasteiger partial charge on any atom is -0.469 e. The predicted octanol–water partition coefficient (Wildman–Crippen LogP) is 8.91. The van der Waals surface area contributed by atoms with Crippen molar-refractivity contribution in [2.24, 2.45) is 23.7 Å². The Bertz CT molecular complexity index is 687. The van der Waals surface area contributed by atoms with Crippen molar-refractivity contribution in [2.45, 2.75) is 124 Å². The molecule has 1 rings (SSSR count). The Morgan fingerprint density at radius 2 is 1.42 bits per heavy atom. The molecule has 0 saturated carbocycles. The van der Waals surface area contributed by atoms with Crippen LogP contribution in [0.25, 0.3) is 0 Å². The van der Waals surface area contributed by atoms with E-state index >= 15 is 0 Å². The Kier molecular flexibility index (Phi) is 18.1. The first kappa shape index (κ1) is 32.2. The van der Waals surface area contributed by atoms with Crippen LogP contribution in [0.1, 0.15) is 123 Å². The maximum Gasteiger partial charge on any atom is 0.309 e. The average molecular weight is 503 g/mol. The molecule has 4 atom stereocenters. The molecule has 36 heavy (non-hydrogen) atoms. The molecule has 0 bridgehead atoms. The average Bonchev–Trinajstić information content (AvgIpc) is 2.90. The molecule has 0 fully saturated rings. The first-order valence-electron chi connectivity index (χ1n) is 14.7. The number of rotatable bonds is 21. The highest BCUT2D eigenvalue weighted by atomic mass is 16.5. The number of benzene rings is 1. The molecule has 0 radical (unpaired) electrons. The maximum absolute atomic E-state index is 12.7. The zero-order chi connectivity index (χ0) is 26.6. The van der Waals surface area contributed by atoms with Gasteiger partial charge in [-0.3, -0.25) is 9.59 Å². The van der Waals surface area contributed by atoms with Crippen molar-refractivity contribution < 1.29 is 19.1 Å². The summed E-state index contributed by atoms with van der Waals surface area (Å²) in [5.41, 5.74) is 0.973. The van der Waals surface area contributed by atoms with Crippen LogP contribution < -0.4 is 0 Å². The molecule has 0 heterocycles. The highest BCUT2D eigenvalue weighted by Crippen LogP contribution is 2.26. The molecule has 4 unspecified atom stereocenters. The van der Waals surface area contributed by atoms with E-state index in [-0.39, 0.29) is 30.4 Å². The van der Waals surface area contributed by atoms with E-state index in [0.717, 1.165) is 36.7 Å². The largest absolute Gasteiger partial charge is 0.469 e. The number of esters is 2. The van der Waals surface area contributed by atoms with E-state index in [0.29, 0.717) is 12.8 Å². The van der Waals surface area contributed by atoms with Crippen LogP contribution >= 0.6 is 0 Å². The summed E-state index contributed by atoms with van der Waals surface area (Å²) in [6, 6.07) is 9.71. The van der Waals surface area contributed by atoms with Gasteiger partial charge in [0, 0.05) is 0 Å². The lowest BCUT2D eigenvalue weighted by atomic mass is 9.87. The lowest BCUT2D eigenvalue weighted by Crippen LogP contribution is -2.25. The summed E-state index contributed by atoms with van der Waals surface area (Å²) >= 11 is 0. The van der Waals surface area contributed by atoms with Gasteiger partial charge in [0.2, 0.25) is 0 Å². The van der Waals surface area contributed by atoms with Gasteiger partial charge in [0.25, 0.3) is 0 Å². The van der Waals surface area contributed by atoms with Gasteiger partial charge in [-0.05, 0) is 43.1 Å². The summed E-state index contributed by atoms with van der Waals surface area (Å²) in [5, 5.41) is 0. The number of unbranched alkanes of at least 4 members (excludes halogenated alkanes) is 5. The molecule has 4 nitrogen and oxygen atoms in total. The summed E-state index contributed by atoms with van der Waals surface area (Å²) in [6.07, 6.45) is 15.9. The van der Waals surface area contributed by atoms with Crippen molar-refractivity contribution in [3.8, 4) is 0 Å². The topological polar surface area (TPSA) is 52.6 Å². The lowest BCUT2D eigenvalue weighted by molar-refractivity contribution is -0.152. The third-order valence-corrected chi connectivity index (χ3v) is 7.68. The molecule has 0 amide bonds. The summed E-state index contributed by atoms with van der Waals surface area (Å²) in [4.78, 5) is 25.1. The number of hydrogen-bond donors (Lipinski definition) is 0. The van der Waals surface area contributed by atoms with E-state index < -0.39 is 0 Å². The van der Waals surface area contributed by atoms with Crippen molar-refractivity contribution in [1.29, 1.82) is 0 Å². The standard InChI is InChI=1S/C32H54O4/c1-6-9-19-27(7-2)23-26(4)18-14-11-10-12-17-22-30(31(33)35-5)24-29(8-3)32(34)36-25-28-20-15-13-16-21-28/h13,15-16,20-21,26-27,29-30H,6-12,14,17-19,22-25H2,1-5H3. The summed E-state index contributed by atoms with van der Waals surface area (Å²) in [5.74, 6) is 0.791. The van der Waals surface area contributed by atoms with Gasteiger partial charge in [-0.25, -0.2) is 0 Å². The first-order valence-corrected chi connectivity index (χ1v) is 14.7. The molecule has 0 aliphatic rings. The van der Waals surface area contributed by atoms with Crippen LogP contribution in [0.15, 0.2) is 30.3 Å². The number of carbonyl (C=O) groups excluding carboxylic acids is 2. The molecule has 0 spiro atoms. The molecular formula is C32H54O4. The lowest BCUT2D eigenvalue weighted by Gasteiger charge is -2.20. The van der Waals surface area contributed by atoms with Gasteiger partial charge in [-0.15, -0.1) is 0 Å². The van der Waals surface area contributed by atoms with Crippen molar-refractivity contribution in [3.05, 3.63) is 35.9 Å². The second kappa shape index (κ2) is 20.2. The van der Waals surface area contributed by atoms with Gasteiger partial charge in [0.05, 0.1) is 18.9 Å². The van der Waals surface area contributed by atoms with E-state index in [1.165, 1.54) is 64.9 Å². The fourth-order valence-electron chi connectivity index (χ4n) is 5.20. The molecule has 0 N–H and O–H groups in total. The molecule has 4 heteroatoms.